The van der Waals surface area contributed by atoms with Crippen molar-refractivity contribution in [2.75, 3.05) is 5.43 Å². The van der Waals surface area contributed by atoms with Crippen molar-refractivity contribution in [3.05, 3.63) is 88.7 Å². The lowest BCUT2D eigenvalue weighted by Gasteiger charge is -2.06. The first-order chi connectivity index (χ1) is 14.2. The molecule has 0 aliphatic rings. The van der Waals surface area contributed by atoms with Crippen LogP contribution in [0.15, 0.2) is 82.3 Å². The number of halogens is 1. The van der Waals surface area contributed by atoms with Gasteiger partial charge in [0.15, 0.2) is 0 Å². The Kier molecular flexibility index (Phi) is 4.30. The number of aromatic nitrogens is 2. The highest BCUT2D eigenvalue weighted by Gasteiger charge is 2.07. The molecule has 3 aromatic carbocycles. The lowest BCUT2D eigenvalue weighted by molar-refractivity contribution is 0.618. The number of imidazole rings is 1. The van der Waals surface area contributed by atoms with Gasteiger partial charge in [0, 0.05) is 22.0 Å². The predicted molar refractivity (Wildman–Crippen MR) is 117 cm³/mol. The van der Waals surface area contributed by atoms with E-state index in [1.165, 1.54) is 5.56 Å². The van der Waals surface area contributed by atoms with Gasteiger partial charge in [-0.1, -0.05) is 53.6 Å². The van der Waals surface area contributed by atoms with E-state index in [2.05, 4.69) is 39.6 Å². The molecule has 0 spiro atoms. The third-order valence-electron chi connectivity index (χ3n) is 4.71. The summed E-state index contributed by atoms with van der Waals surface area (Å²) < 4.78 is 6.11. The molecular weight excluding hydrogens is 384 g/mol. The van der Waals surface area contributed by atoms with Crippen molar-refractivity contribution in [3.63, 3.8) is 0 Å². The van der Waals surface area contributed by atoms with Gasteiger partial charge in [0.25, 0.3) is 0 Å². The molecule has 0 atom stereocenters. The van der Waals surface area contributed by atoms with Crippen LogP contribution in [0.3, 0.4) is 0 Å². The molecule has 142 valence electrons. The van der Waals surface area contributed by atoms with Crippen LogP contribution < -0.4 is 10.8 Å². The number of aryl methyl sites for hydroxylation is 1. The number of benzene rings is 3. The minimum absolute atomic E-state index is 0.569. The number of para-hydroxylation sites is 2. The van der Waals surface area contributed by atoms with Crippen molar-refractivity contribution in [1.82, 2.24) is 9.97 Å². The first kappa shape index (κ1) is 17.5. The van der Waals surface area contributed by atoms with Crippen LogP contribution in [0.1, 0.15) is 5.56 Å². The molecule has 0 aliphatic carbocycles. The molecule has 2 heterocycles. The largest absolute Gasteiger partial charge is 0.456 e. The van der Waals surface area contributed by atoms with E-state index in [1.54, 1.807) is 0 Å². The second kappa shape index (κ2) is 7.11. The Hall–Kier alpha value is -3.57. The van der Waals surface area contributed by atoms with Crippen LogP contribution in [0.5, 0.6) is 0 Å². The van der Waals surface area contributed by atoms with Crippen molar-refractivity contribution in [2.24, 2.45) is 5.10 Å². The summed E-state index contributed by atoms with van der Waals surface area (Å²) in [4.78, 5) is 7.72. The summed E-state index contributed by atoms with van der Waals surface area (Å²) in [5, 5.41) is 6.73. The first-order valence-corrected chi connectivity index (χ1v) is 9.58. The summed E-state index contributed by atoms with van der Waals surface area (Å²) in [6.45, 7) is 2.06. The Labute approximate surface area is 171 Å². The number of hydrogen-bond acceptors (Lipinski definition) is 4. The lowest BCUT2D eigenvalue weighted by Crippen LogP contribution is -2.08. The van der Waals surface area contributed by atoms with Crippen molar-refractivity contribution >= 4 is 39.6 Å². The maximum absolute atomic E-state index is 6.21. The normalized spacial score (nSPS) is 12.0. The van der Waals surface area contributed by atoms with Gasteiger partial charge in [-0.3, -0.25) is 0 Å². The number of anilines is 1. The van der Waals surface area contributed by atoms with Crippen molar-refractivity contribution < 1.29 is 4.42 Å². The van der Waals surface area contributed by atoms with E-state index in [4.69, 9.17) is 16.0 Å². The van der Waals surface area contributed by atoms with Crippen molar-refractivity contribution in [2.45, 2.75) is 6.92 Å². The SMILES string of the molecule is Cc1ccc(-c2c/c(=N\Nc3nc4ccccc4[nH]3)c3cc(Cl)ccc3o2)cc1. The minimum atomic E-state index is 0.569. The minimum Gasteiger partial charge on any atom is -0.456 e. The maximum atomic E-state index is 6.21. The lowest BCUT2D eigenvalue weighted by atomic mass is 10.1. The summed E-state index contributed by atoms with van der Waals surface area (Å²) in [7, 11) is 0. The molecule has 5 rings (SSSR count). The van der Waals surface area contributed by atoms with Crippen molar-refractivity contribution in [3.8, 4) is 11.3 Å². The number of nitrogens with one attached hydrogen (secondary N) is 2. The van der Waals surface area contributed by atoms with Gasteiger partial charge in [0.05, 0.1) is 16.4 Å². The van der Waals surface area contributed by atoms with Gasteiger partial charge in [-0.15, -0.1) is 0 Å². The van der Waals surface area contributed by atoms with E-state index < -0.39 is 0 Å². The molecule has 0 radical (unpaired) electrons. The maximum Gasteiger partial charge on any atom is 0.222 e. The molecule has 29 heavy (non-hydrogen) atoms. The Morgan fingerprint density at radius 1 is 1.00 bits per heavy atom. The summed E-state index contributed by atoms with van der Waals surface area (Å²) in [5.74, 6) is 1.30. The van der Waals surface area contributed by atoms with Gasteiger partial charge < -0.3 is 9.40 Å². The van der Waals surface area contributed by atoms with E-state index in [9.17, 15) is 0 Å². The average Bonchev–Trinajstić information content (AvgIpc) is 3.15. The molecule has 2 aromatic heterocycles. The molecule has 0 aliphatic heterocycles. The summed E-state index contributed by atoms with van der Waals surface area (Å²) in [6, 6.07) is 23.4. The van der Waals surface area contributed by atoms with Crippen LogP contribution in [0, 0.1) is 6.92 Å². The van der Waals surface area contributed by atoms with Gasteiger partial charge in [-0.05, 0) is 37.3 Å². The van der Waals surface area contributed by atoms with E-state index in [-0.39, 0.29) is 0 Å². The van der Waals surface area contributed by atoms with Gasteiger partial charge >= 0.3 is 0 Å². The summed E-state index contributed by atoms with van der Waals surface area (Å²) >= 11 is 6.21. The second-order valence-electron chi connectivity index (χ2n) is 6.83. The number of aromatic amines is 1. The molecule has 2 N–H and O–H groups in total. The topological polar surface area (TPSA) is 66.2 Å². The molecule has 0 amide bonds. The van der Waals surface area contributed by atoms with Crippen LogP contribution in [0.2, 0.25) is 5.02 Å². The monoisotopic (exact) mass is 400 g/mol. The number of nitrogens with zero attached hydrogens (tertiary/aromatic N) is 2. The fourth-order valence-corrected chi connectivity index (χ4v) is 3.38. The Morgan fingerprint density at radius 3 is 2.66 bits per heavy atom. The highest BCUT2D eigenvalue weighted by atomic mass is 35.5. The summed E-state index contributed by atoms with van der Waals surface area (Å²) in [5.41, 5.74) is 7.72. The Bertz CT molecular complexity index is 1370. The Morgan fingerprint density at radius 2 is 1.83 bits per heavy atom. The fraction of sp³-hybridized carbons (Fsp3) is 0.0435. The van der Waals surface area contributed by atoms with Gasteiger partial charge in [-0.25, -0.2) is 10.4 Å². The fourth-order valence-electron chi connectivity index (χ4n) is 3.21. The smallest absolute Gasteiger partial charge is 0.222 e. The molecule has 0 unspecified atom stereocenters. The van der Waals surface area contributed by atoms with Crippen LogP contribution in [-0.2, 0) is 0 Å². The van der Waals surface area contributed by atoms with E-state index in [1.807, 2.05) is 60.7 Å². The van der Waals surface area contributed by atoms with Gasteiger partial charge in [-0.2, -0.15) is 5.10 Å². The van der Waals surface area contributed by atoms with Crippen molar-refractivity contribution in [1.29, 1.82) is 0 Å². The van der Waals surface area contributed by atoms with E-state index in [0.717, 1.165) is 27.7 Å². The molecular formula is C23H17ClN4O. The molecule has 0 fully saturated rings. The third kappa shape index (κ3) is 3.48. The van der Waals surface area contributed by atoms with Crippen LogP contribution >= 0.6 is 11.6 Å². The quantitative estimate of drug-likeness (QED) is 0.372. The van der Waals surface area contributed by atoms with Gasteiger partial charge in [0.1, 0.15) is 11.3 Å². The van der Waals surface area contributed by atoms with Gasteiger partial charge in [0.2, 0.25) is 5.95 Å². The van der Waals surface area contributed by atoms with E-state index >= 15 is 0 Å². The zero-order chi connectivity index (χ0) is 19.8. The standard InChI is InChI=1S/C23H17ClN4O/c1-14-6-8-15(9-7-14)22-13-20(17-12-16(24)10-11-21(17)29-22)27-28-23-25-18-4-2-3-5-19(18)26-23/h2-13H,1H3,(H2,25,26,28)/b27-20+. The molecule has 0 saturated heterocycles. The number of fused-ring (bicyclic) bond motifs is 2. The molecule has 6 heteroatoms. The molecule has 5 aromatic rings. The molecule has 0 bridgehead atoms. The highest BCUT2D eigenvalue weighted by Crippen LogP contribution is 2.24. The third-order valence-corrected chi connectivity index (χ3v) is 4.95. The number of H-pyrrole nitrogens is 1. The number of rotatable bonds is 3. The zero-order valence-corrected chi connectivity index (χ0v) is 16.4. The number of hydrogen-bond donors (Lipinski definition) is 2. The predicted octanol–water partition coefficient (Wildman–Crippen LogP) is 5.87. The first-order valence-electron chi connectivity index (χ1n) is 9.21. The van der Waals surface area contributed by atoms with E-state index in [0.29, 0.717) is 21.9 Å². The van der Waals surface area contributed by atoms with Crippen LogP contribution in [0.25, 0.3) is 33.3 Å². The highest BCUT2D eigenvalue weighted by molar-refractivity contribution is 6.31. The Balaban J connectivity index is 1.64. The van der Waals surface area contributed by atoms with Crippen LogP contribution in [-0.4, -0.2) is 9.97 Å². The summed E-state index contributed by atoms with van der Waals surface area (Å²) in [6.07, 6.45) is 0. The molecule has 0 saturated carbocycles. The zero-order valence-electron chi connectivity index (χ0n) is 15.6. The average molecular weight is 401 g/mol. The molecule has 5 nitrogen and oxygen atoms in total. The second-order valence-corrected chi connectivity index (χ2v) is 7.26. The van der Waals surface area contributed by atoms with Crippen LogP contribution in [0.4, 0.5) is 5.95 Å².